The second-order valence-corrected chi connectivity index (χ2v) is 4.56. The Bertz CT molecular complexity index is 229. The number of esters is 1. The van der Waals surface area contributed by atoms with Crippen molar-refractivity contribution >= 4 is 5.97 Å². The van der Waals surface area contributed by atoms with Crippen LogP contribution in [0.4, 0.5) is 0 Å². The van der Waals surface area contributed by atoms with Gasteiger partial charge in [0.1, 0.15) is 6.61 Å². The quantitative estimate of drug-likeness (QED) is 0.490. The van der Waals surface area contributed by atoms with Crippen molar-refractivity contribution in [2.24, 2.45) is 0 Å². The average molecular weight is 259 g/mol. The van der Waals surface area contributed by atoms with Gasteiger partial charge in [-0.2, -0.15) is 0 Å². The van der Waals surface area contributed by atoms with Crippen molar-refractivity contribution in [1.82, 2.24) is 4.90 Å². The summed E-state index contributed by atoms with van der Waals surface area (Å²) in [5, 5.41) is 9.06. The minimum absolute atomic E-state index is 0.0193. The van der Waals surface area contributed by atoms with Crippen LogP contribution < -0.4 is 0 Å². The molecule has 0 aromatic rings. The predicted octanol–water partition coefficient (Wildman–Crippen LogP) is 0.803. The molecule has 0 unspecified atom stereocenters. The highest BCUT2D eigenvalue weighted by molar-refractivity contribution is 5.70. The van der Waals surface area contributed by atoms with Crippen LogP contribution in [0.3, 0.4) is 0 Å². The minimum Gasteiger partial charge on any atom is -0.464 e. The normalized spacial score (nSPS) is 16.4. The third-order valence-corrected chi connectivity index (χ3v) is 3.28. The minimum atomic E-state index is -0.313. The van der Waals surface area contributed by atoms with Crippen molar-refractivity contribution in [2.75, 3.05) is 39.5 Å². The summed E-state index contributed by atoms with van der Waals surface area (Å²) < 4.78 is 10.1. The molecule has 1 fully saturated rings. The van der Waals surface area contributed by atoms with Gasteiger partial charge in [-0.25, -0.2) is 4.79 Å². The Hall–Kier alpha value is -0.650. The Labute approximate surface area is 109 Å². The summed E-state index contributed by atoms with van der Waals surface area (Å²) in [5.74, 6) is -0.313. The molecular formula is C13H25NO4. The smallest absolute Gasteiger partial charge is 0.332 e. The van der Waals surface area contributed by atoms with Gasteiger partial charge in [0.05, 0.1) is 19.8 Å². The molecule has 0 spiro atoms. The molecule has 0 radical (unpaired) electrons. The largest absolute Gasteiger partial charge is 0.464 e. The predicted molar refractivity (Wildman–Crippen MR) is 68.4 cm³/mol. The molecule has 5 nitrogen and oxygen atoms in total. The van der Waals surface area contributed by atoms with Crippen LogP contribution in [0.5, 0.6) is 0 Å². The fourth-order valence-corrected chi connectivity index (χ4v) is 2.41. The van der Waals surface area contributed by atoms with E-state index in [1.54, 1.807) is 6.92 Å². The zero-order valence-electron chi connectivity index (χ0n) is 11.3. The molecule has 0 saturated heterocycles. The molecule has 5 heteroatoms. The summed E-state index contributed by atoms with van der Waals surface area (Å²) in [7, 11) is 0. The lowest BCUT2D eigenvalue weighted by molar-refractivity contribution is -0.148. The first-order chi connectivity index (χ1) is 8.77. The lowest BCUT2D eigenvalue weighted by atomic mass is 10.2. The van der Waals surface area contributed by atoms with Crippen molar-refractivity contribution in [2.45, 2.75) is 38.6 Å². The van der Waals surface area contributed by atoms with Crippen molar-refractivity contribution in [3.8, 4) is 0 Å². The number of rotatable bonds is 9. The van der Waals surface area contributed by atoms with E-state index in [2.05, 4.69) is 4.90 Å². The summed E-state index contributed by atoms with van der Waals surface area (Å²) >= 11 is 0. The maximum Gasteiger partial charge on any atom is 0.332 e. The molecule has 0 aliphatic heterocycles. The molecule has 1 N–H and O–H groups in total. The van der Waals surface area contributed by atoms with E-state index in [1.807, 2.05) is 0 Å². The number of hydrogen-bond acceptors (Lipinski definition) is 5. The molecule has 0 atom stereocenters. The lowest BCUT2D eigenvalue weighted by Crippen LogP contribution is -2.38. The maximum absolute atomic E-state index is 11.1. The SMILES string of the molecule is CCOC(=O)COCCN(CCO)C1CCCC1. The molecule has 18 heavy (non-hydrogen) atoms. The van der Waals surface area contributed by atoms with Gasteiger partial charge >= 0.3 is 5.97 Å². The third kappa shape index (κ3) is 5.80. The van der Waals surface area contributed by atoms with E-state index in [9.17, 15) is 4.79 Å². The average Bonchev–Trinajstić information content (AvgIpc) is 2.87. The van der Waals surface area contributed by atoms with Gasteiger partial charge < -0.3 is 14.6 Å². The van der Waals surface area contributed by atoms with E-state index in [0.29, 0.717) is 25.8 Å². The first kappa shape index (κ1) is 15.4. The number of hydrogen-bond donors (Lipinski definition) is 1. The maximum atomic E-state index is 11.1. The topological polar surface area (TPSA) is 59.0 Å². The monoisotopic (exact) mass is 259 g/mol. The van der Waals surface area contributed by atoms with Crippen LogP contribution in [0.2, 0.25) is 0 Å². The zero-order valence-corrected chi connectivity index (χ0v) is 11.3. The number of carbonyl (C=O) groups excluding carboxylic acids is 1. The zero-order chi connectivity index (χ0) is 13.2. The van der Waals surface area contributed by atoms with Crippen LogP contribution in [-0.4, -0.2) is 61.5 Å². The molecule has 1 saturated carbocycles. The van der Waals surface area contributed by atoms with Gasteiger partial charge in [-0.05, 0) is 19.8 Å². The molecule has 1 aliphatic rings. The third-order valence-electron chi connectivity index (χ3n) is 3.28. The van der Waals surface area contributed by atoms with Crippen molar-refractivity contribution in [3.05, 3.63) is 0 Å². The highest BCUT2D eigenvalue weighted by Gasteiger charge is 2.21. The fourth-order valence-electron chi connectivity index (χ4n) is 2.41. The number of ether oxygens (including phenoxy) is 2. The Balaban J connectivity index is 2.15. The molecule has 106 valence electrons. The van der Waals surface area contributed by atoms with Crippen LogP contribution in [0.15, 0.2) is 0 Å². The second-order valence-electron chi connectivity index (χ2n) is 4.56. The van der Waals surface area contributed by atoms with Gasteiger partial charge in [0.2, 0.25) is 0 Å². The summed E-state index contributed by atoms with van der Waals surface area (Å²) in [6.07, 6.45) is 4.96. The van der Waals surface area contributed by atoms with Gasteiger partial charge in [0, 0.05) is 19.1 Å². The highest BCUT2D eigenvalue weighted by atomic mass is 16.6. The Kier molecular flexibility index (Phi) is 7.96. The van der Waals surface area contributed by atoms with Gasteiger partial charge in [-0.15, -0.1) is 0 Å². The number of carbonyl (C=O) groups is 1. The Morgan fingerprint density at radius 3 is 2.67 bits per heavy atom. The van der Waals surface area contributed by atoms with E-state index in [1.165, 1.54) is 25.7 Å². The van der Waals surface area contributed by atoms with E-state index >= 15 is 0 Å². The molecule has 0 aromatic heterocycles. The molecule has 0 amide bonds. The molecule has 1 rings (SSSR count). The van der Waals surface area contributed by atoms with Crippen molar-refractivity contribution < 1.29 is 19.4 Å². The van der Waals surface area contributed by atoms with Crippen molar-refractivity contribution in [3.63, 3.8) is 0 Å². The lowest BCUT2D eigenvalue weighted by Gasteiger charge is -2.27. The number of aliphatic hydroxyl groups is 1. The summed E-state index contributed by atoms with van der Waals surface area (Å²) in [6.45, 7) is 4.33. The van der Waals surface area contributed by atoms with Crippen LogP contribution in [0.1, 0.15) is 32.6 Å². The standard InChI is InChI=1S/C13H25NO4/c1-2-18-13(16)11-17-10-8-14(7-9-15)12-5-3-4-6-12/h12,15H,2-11H2,1H3. The number of nitrogens with zero attached hydrogens (tertiary/aromatic N) is 1. The van der Waals surface area contributed by atoms with E-state index < -0.39 is 0 Å². The molecular weight excluding hydrogens is 234 g/mol. The molecule has 0 bridgehead atoms. The second kappa shape index (κ2) is 9.30. The summed E-state index contributed by atoms with van der Waals surface area (Å²) in [6, 6.07) is 0.573. The van der Waals surface area contributed by atoms with E-state index in [4.69, 9.17) is 14.6 Å². The molecule has 1 aliphatic carbocycles. The van der Waals surface area contributed by atoms with Gasteiger partial charge in [-0.1, -0.05) is 12.8 Å². The molecule has 0 aromatic carbocycles. The van der Waals surface area contributed by atoms with Crippen LogP contribution in [0, 0.1) is 0 Å². The van der Waals surface area contributed by atoms with Gasteiger partial charge in [0.15, 0.2) is 0 Å². The Morgan fingerprint density at radius 1 is 1.33 bits per heavy atom. The van der Waals surface area contributed by atoms with E-state index in [-0.39, 0.29) is 19.2 Å². The van der Waals surface area contributed by atoms with Crippen molar-refractivity contribution in [1.29, 1.82) is 0 Å². The highest BCUT2D eigenvalue weighted by Crippen LogP contribution is 2.22. The van der Waals surface area contributed by atoms with Gasteiger partial charge in [-0.3, -0.25) is 4.90 Å². The first-order valence-electron chi connectivity index (χ1n) is 6.86. The Morgan fingerprint density at radius 2 is 2.06 bits per heavy atom. The fraction of sp³-hybridized carbons (Fsp3) is 0.923. The van der Waals surface area contributed by atoms with Crippen LogP contribution in [0.25, 0.3) is 0 Å². The summed E-state index contributed by atoms with van der Waals surface area (Å²) in [4.78, 5) is 13.3. The summed E-state index contributed by atoms with van der Waals surface area (Å²) in [5.41, 5.74) is 0. The number of aliphatic hydroxyl groups excluding tert-OH is 1. The first-order valence-corrected chi connectivity index (χ1v) is 6.86. The van der Waals surface area contributed by atoms with Crippen LogP contribution >= 0.6 is 0 Å². The van der Waals surface area contributed by atoms with E-state index in [0.717, 1.165) is 6.54 Å². The van der Waals surface area contributed by atoms with Gasteiger partial charge in [0.25, 0.3) is 0 Å². The van der Waals surface area contributed by atoms with Crippen LogP contribution in [-0.2, 0) is 14.3 Å². The molecule has 0 heterocycles.